The molecule has 2 rings (SSSR count). The third-order valence-corrected chi connectivity index (χ3v) is 2.24. The molecule has 1 aromatic heterocycles. The van der Waals surface area contributed by atoms with Crippen LogP contribution in [-0.2, 0) is 0 Å². The largest absolute Gasteiger partial charge is 0.465 e. The van der Waals surface area contributed by atoms with Crippen LogP contribution < -0.4 is 0 Å². The Kier molecular flexibility index (Phi) is 3.59. The van der Waals surface area contributed by atoms with Crippen molar-refractivity contribution in [3.05, 3.63) is 76.2 Å². The Hall–Kier alpha value is -2.78. The summed E-state index contributed by atoms with van der Waals surface area (Å²) in [4.78, 5) is 14.7. The maximum absolute atomic E-state index is 12.1. The summed E-state index contributed by atoms with van der Waals surface area (Å²) in [6, 6.07) is 12.0. The molecule has 88 valence electrons. The molecule has 0 saturated heterocycles. The molecule has 0 amide bonds. The Bertz CT molecular complexity index is 609. The van der Waals surface area contributed by atoms with Gasteiger partial charge in [0.05, 0.1) is 12.0 Å². The van der Waals surface area contributed by atoms with Gasteiger partial charge in [0, 0.05) is 10.5 Å². The quantitative estimate of drug-likeness (QED) is 0.267. The molecule has 1 aromatic carbocycles. The van der Waals surface area contributed by atoms with Gasteiger partial charge in [-0.05, 0) is 23.7 Å². The molecule has 18 heavy (non-hydrogen) atoms. The van der Waals surface area contributed by atoms with Gasteiger partial charge in [-0.1, -0.05) is 35.4 Å². The summed E-state index contributed by atoms with van der Waals surface area (Å²) in [6.45, 7) is 0. The van der Waals surface area contributed by atoms with E-state index in [-0.39, 0.29) is 11.5 Å². The van der Waals surface area contributed by atoms with Crippen molar-refractivity contribution < 1.29 is 9.21 Å². The fourth-order valence-corrected chi connectivity index (χ4v) is 1.43. The van der Waals surface area contributed by atoms with Crippen molar-refractivity contribution in [2.45, 2.75) is 0 Å². The molecule has 0 spiro atoms. The summed E-state index contributed by atoms with van der Waals surface area (Å²) in [5, 5.41) is 3.41. The van der Waals surface area contributed by atoms with Crippen LogP contribution in [0.5, 0.6) is 0 Å². The number of ketones is 1. The van der Waals surface area contributed by atoms with Crippen molar-refractivity contribution >= 4 is 11.9 Å². The second-order valence-electron chi connectivity index (χ2n) is 3.43. The van der Waals surface area contributed by atoms with Gasteiger partial charge in [0.15, 0.2) is 5.78 Å². The molecule has 0 fully saturated rings. The molecule has 0 aliphatic carbocycles. The lowest BCUT2D eigenvalue weighted by Crippen LogP contribution is -2.00. The Morgan fingerprint density at radius 3 is 2.61 bits per heavy atom. The number of carbonyl (C=O) groups is 1. The second kappa shape index (κ2) is 5.52. The van der Waals surface area contributed by atoms with Gasteiger partial charge >= 0.3 is 0 Å². The van der Waals surface area contributed by atoms with Crippen LogP contribution in [0.3, 0.4) is 0 Å². The van der Waals surface area contributed by atoms with Crippen LogP contribution in [-0.4, -0.2) is 5.78 Å². The predicted octanol–water partition coefficient (Wildman–Crippen LogP) is 3.81. The number of azide groups is 1. The zero-order valence-corrected chi connectivity index (χ0v) is 9.35. The van der Waals surface area contributed by atoms with Crippen molar-refractivity contribution in [2.24, 2.45) is 5.11 Å². The van der Waals surface area contributed by atoms with E-state index < -0.39 is 0 Å². The molecular weight excluding hydrogens is 230 g/mol. The van der Waals surface area contributed by atoms with Crippen LogP contribution in [0.4, 0.5) is 0 Å². The van der Waals surface area contributed by atoms with E-state index >= 15 is 0 Å². The maximum atomic E-state index is 12.1. The first-order valence-electron chi connectivity index (χ1n) is 5.21. The van der Waals surface area contributed by atoms with Gasteiger partial charge in [-0.15, -0.1) is 0 Å². The number of furan rings is 1. The number of hydrogen-bond acceptors (Lipinski definition) is 3. The summed E-state index contributed by atoms with van der Waals surface area (Å²) in [5.41, 5.74) is 8.96. The minimum atomic E-state index is -0.343. The van der Waals surface area contributed by atoms with E-state index in [9.17, 15) is 4.79 Å². The second-order valence-corrected chi connectivity index (χ2v) is 3.43. The minimum Gasteiger partial charge on any atom is -0.465 e. The van der Waals surface area contributed by atoms with Gasteiger partial charge in [0.2, 0.25) is 0 Å². The fraction of sp³-hybridized carbons (Fsp3) is 0. The van der Waals surface area contributed by atoms with Gasteiger partial charge < -0.3 is 4.42 Å². The van der Waals surface area contributed by atoms with Crippen molar-refractivity contribution in [3.63, 3.8) is 0 Å². The molecule has 0 radical (unpaired) electrons. The SMILES string of the molecule is [N-]=[N+]=NC(=Cc1ccco1)C(=O)c1ccccc1. The van der Waals surface area contributed by atoms with Crippen LogP contribution >= 0.6 is 0 Å². The Morgan fingerprint density at radius 1 is 1.22 bits per heavy atom. The first kappa shape index (κ1) is 11.7. The molecule has 1 heterocycles. The Morgan fingerprint density at radius 2 is 2.00 bits per heavy atom. The summed E-state index contributed by atoms with van der Waals surface area (Å²) in [6.07, 6.45) is 2.89. The van der Waals surface area contributed by atoms with E-state index in [1.165, 1.54) is 12.3 Å². The summed E-state index contributed by atoms with van der Waals surface area (Å²) in [5.74, 6) is 0.117. The molecule has 2 aromatic rings. The van der Waals surface area contributed by atoms with Crippen molar-refractivity contribution in [2.75, 3.05) is 0 Å². The molecule has 0 bridgehead atoms. The number of carbonyl (C=O) groups excluding carboxylic acids is 1. The number of nitrogens with zero attached hydrogens (tertiary/aromatic N) is 3. The molecule has 5 heteroatoms. The summed E-state index contributed by atoms with van der Waals surface area (Å²) < 4.78 is 5.08. The van der Waals surface area contributed by atoms with Crippen molar-refractivity contribution in [3.8, 4) is 0 Å². The topological polar surface area (TPSA) is 79.0 Å². The van der Waals surface area contributed by atoms with Crippen molar-refractivity contribution in [1.29, 1.82) is 0 Å². The van der Waals surface area contributed by atoms with Gasteiger partial charge in [0.1, 0.15) is 5.76 Å². The highest BCUT2D eigenvalue weighted by Gasteiger charge is 2.10. The average Bonchev–Trinajstić information content (AvgIpc) is 2.91. The van der Waals surface area contributed by atoms with E-state index in [0.717, 1.165) is 0 Å². The third-order valence-electron chi connectivity index (χ3n) is 2.24. The normalized spacial score (nSPS) is 10.8. The number of rotatable bonds is 4. The molecule has 0 unspecified atom stereocenters. The van der Waals surface area contributed by atoms with Gasteiger partial charge in [-0.3, -0.25) is 4.79 Å². The zero-order chi connectivity index (χ0) is 12.8. The highest BCUT2D eigenvalue weighted by molar-refractivity contribution is 6.10. The maximum Gasteiger partial charge on any atom is 0.195 e. The van der Waals surface area contributed by atoms with Crippen LogP contribution in [0, 0.1) is 0 Å². The predicted molar refractivity (Wildman–Crippen MR) is 66.6 cm³/mol. The van der Waals surface area contributed by atoms with Gasteiger partial charge in [0.25, 0.3) is 0 Å². The molecule has 0 saturated carbocycles. The van der Waals surface area contributed by atoms with E-state index in [2.05, 4.69) is 10.0 Å². The first-order valence-corrected chi connectivity index (χ1v) is 5.21. The lowest BCUT2D eigenvalue weighted by molar-refractivity contribution is 0.103. The minimum absolute atomic E-state index is 0.00125. The highest BCUT2D eigenvalue weighted by Crippen LogP contribution is 2.14. The van der Waals surface area contributed by atoms with E-state index in [0.29, 0.717) is 11.3 Å². The van der Waals surface area contributed by atoms with E-state index in [1.807, 2.05) is 0 Å². The number of allylic oxidation sites excluding steroid dienone is 1. The van der Waals surface area contributed by atoms with Crippen LogP contribution in [0.25, 0.3) is 16.5 Å². The standard InChI is InChI=1S/C13H9N3O2/c14-16-15-12(9-11-7-4-8-18-11)13(17)10-5-2-1-3-6-10/h1-9H. The molecule has 0 aliphatic rings. The lowest BCUT2D eigenvalue weighted by Gasteiger charge is -1.99. The van der Waals surface area contributed by atoms with Crippen LogP contribution in [0.15, 0.2) is 64.0 Å². The lowest BCUT2D eigenvalue weighted by atomic mass is 10.1. The van der Waals surface area contributed by atoms with Crippen molar-refractivity contribution in [1.82, 2.24) is 0 Å². The molecule has 0 atom stereocenters. The average molecular weight is 239 g/mol. The molecule has 0 aliphatic heterocycles. The molecule has 0 N–H and O–H groups in total. The summed E-state index contributed by atoms with van der Waals surface area (Å²) >= 11 is 0. The first-order chi connectivity index (χ1) is 8.81. The smallest absolute Gasteiger partial charge is 0.195 e. The van der Waals surface area contributed by atoms with E-state index in [1.54, 1.807) is 42.5 Å². The fourth-order valence-electron chi connectivity index (χ4n) is 1.43. The number of hydrogen-bond donors (Lipinski definition) is 0. The third kappa shape index (κ3) is 2.66. The summed E-state index contributed by atoms with van der Waals surface area (Å²) in [7, 11) is 0. The Labute approximate surface area is 103 Å². The molecular formula is C13H9N3O2. The zero-order valence-electron chi connectivity index (χ0n) is 9.35. The van der Waals surface area contributed by atoms with Gasteiger partial charge in [-0.2, -0.15) is 0 Å². The number of benzene rings is 1. The highest BCUT2D eigenvalue weighted by atomic mass is 16.3. The molecule has 5 nitrogen and oxygen atoms in total. The monoisotopic (exact) mass is 239 g/mol. The Balaban J connectivity index is 2.38. The van der Waals surface area contributed by atoms with E-state index in [4.69, 9.17) is 9.95 Å². The van der Waals surface area contributed by atoms with Gasteiger partial charge in [-0.25, -0.2) is 0 Å². The van der Waals surface area contributed by atoms with Crippen LogP contribution in [0.2, 0.25) is 0 Å². The number of Topliss-reactive ketones (excluding diaryl/α,β-unsaturated/α-hetero) is 1. The van der Waals surface area contributed by atoms with Crippen LogP contribution in [0.1, 0.15) is 16.1 Å².